The van der Waals surface area contributed by atoms with Crippen molar-refractivity contribution in [1.82, 2.24) is 4.98 Å². The van der Waals surface area contributed by atoms with Crippen LogP contribution in [-0.2, 0) is 10.8 Å². The van der Waals surface area contributed by atoms with Crippen LogP contribution in [0.2, 0.25) is 0 Å². The van der Waals surface area contributed by atoms with Gasteiger partial charge in [-0.1, -0.05) is 143 Å². The van der Waals surface area contributed by atoms with Crippen LogP contribution in [0.25, 0.3) is 33.4 Å². The molecule has 56 heavy (non-hydrogen) atoms. The molecule has 0 radical (unpaired) electrons. The van der Waals surface area contributed by atoms with Crippen molar-refractivity contribution < 1.29 is 0 Å². The number of hydrogen-bond donors (Lipinski definition) is 0. The summed E-state index contributed by atoms with van der Waals surface area (Å²) in [5.41, 5.74) is 17.8. The Morgan fingerprint density at radius 1 is 0.393 bits per heavy atom. The number of pyridine rings is 1. The minimum Gasteiger partial charge on any atom is -0.310 e. The highest BCUT2D eigenvalue weighted by molar-refractivity contribution is 5.90. The molecule has 3 heteroatoms. The van der Waals surface area contributed by atoms with Gasteiger partial charge in [0.25, 0.3) is 0 Å². The van der Waals surface area contributed by atoms with E-state index in [2.05, 4.69) is 219 Å². The first kappa shape index (κ1) is 33.8. The number of hydrogen-bond acceptors (Lipinski definition) is 3. The van der Waals surface area contributed by atoms with Crippen LogP contribution in [0, 0.1) is 0 Å². The molecule has 0 saturated heterocycles. The van der Waals surface area contributed by atoms with Crippen LogP contribution in [0.15, 0.2) is 188 Å². The van der Waals surface area contributed by atoms with E-state index in [0.717, 1.165) is 45.4 Å². The van der Waals surface area contributed by atoms with E-state index < -0.39 is 0 Å². The van der Waals surface area contributed by atoms with Crippen LogP contribution >= 0.6 is 0 Å². The van der Waals surface area contributed by atoms with E-state index in [-0.39, 0.29) is 10.8 Å². The summed E-state index contributed by atoms with van der Waals surface area (Å²) in [5.74, 6) is 0.892. The minimum absolute atomic E-state index is 0.105. The third-order valence-electron chi connectivity index (χ3n) is 12.1. The van der Waals surface area contributed by atoms with E-state index in [0.29, 0.717) is 0 Å². The maximum atomic E-state index is 5.14. The average Bonchev–Trinajstić information content (AvgIpc) is 3.47. The van der Waals surface area contributed by atoms with E-state index in [4.69, 9.17) is 4.98 Å². The first-order valence-electron chi connectivity index (χ1n) is 19.5. The van der Waals surface area contributed by atoms with Crippen molar-refractivity contribution in [3.05, 3.63) is 210 Å². The second kappa shape index (κ2) is 13.0. The second-order valence-corrected chi connectivity index (χ2v) is 16.1. The summed E-state index contributed by atoms with van der Waals surface area (Å²) in [6, 6.07) is 66.1. The summed E-state index contributed by atoms with van der Waals surface area (Å²) in [6.45, 7) is 9.45. The Bertz CT molecular complexity index is 2730. The molecular formula is C53H43N3. The Hall–Kier alpha value is -6.71. The fraction of sp³-hybridized carbons (Fsp3) is 0.113. The van der Waals surface area contributed by atoms with E-state index in [9.17, 15) is 0 Å². The molecule has 0 unspecified atom stereocenters. The quantitative estimate of drug-likeness (QED) is 0.170. The first-order chi connectivity index (χ1) is 27.3. The van der Waals surface area contributed by atoms with E-state index in [1.54, 1.807) is 0 Å². The number of benzene rings is 7. The van der Waals surface area contributed by atoms with Gasteiger partial charge in [-0.05, 0) is 117 Å². The molecule has 0 saturated carbocycles. The van der Waals surface area contributed by atoms with Crippen LogP contribution in [0.3, 0.4) is 0 Å². The van der Waals surface area contributed by atoms with Crippen molar-refractivity contribution >= 4 is 34.3 Å². The van der Waals surface area contributed by atoms with E-state index >= 15 is 0 Å². The first-order valence-corrected chi connectivity index (χ1v) is 19.5. The molecule has 7 aromatic carbocycles. The molecule has 0 amide bonds. The number of anilines is 6. The summed E-state index contributed by atoms with van der Waals surface area (Å²) in [4.78, 5) is 9.91. The van der Waals surface area contributed by atoms with Crippen molar-refractivity contribution in [3.63, 3.8) is 0 Å². The van der Waals surface area contributed by atoms with Crippen LogP contribution in [0.5, 0.6) is 0 Å². The van der Waals surface area contributed by atoms with Gasteiger partial charge in [0.15, 0.2) is 0 Å². The van der Waals surface area contributed by atoms with Crippen LogP contribution < -0.4 is 9.80 Å². The second-order valence-electron chi connectivity index (χ2n) is 16.1. The third kappa shape index (κ3) is 5.38. The average molecular weight is 722 g/mol. The number of rotatable bonds is 6. The molecular weight excluding hydrogens is 679 g/mol. The molecule has 2 heterocycles. The Morgan fingerprint density at radius 3 is 1.59 bits per heavy atom. The largest absolute Gasteiger partial charge is 0.310 e. The number of para-hydroxylation sites is 1. The molecule has 0 N–H and O–H groups in total. The van der Waals surface area contributed by atoms with Gasteiger partial charge in [0, 0.05) is 39.7 Å². The maximum Gasteiger partial charge on any atom is 0.137 e. The van der Waals surface area contributed by atoms with Crippen LogP contribution in [0.1, 0.15) is 49.9 Å². The van der Waals surface area contributed by atoms with Gasteiger partial charge >= 0.3 is 0 Å². The predicted octanol–water partition coefficient (Wildman–Crippen LogP) is 14.3. The smallest absolute Gasteiger partial charge is 0.137 e. The summed E-state index contributed by atoms with van der Waals surface area (Å²) in [6.07, 6.45) is 2.00. The van der Waals surface area contributed by atoms with Gasteiger partial charge in [-0.2, -0.15) is 0 Å². The number of aromatic nitrogens is 1. The molecule has 0 bridgehead atoms. The Balaban J connectivity index is 1.15. The van der Waals surface area contributed by atoms with Crippen molar-refractivity contribution in [2.75, 3.05) is 9.80 Å². The van der Waals surface area contributed by atoms with Gasteiger partial charge in [-0.25, -0.2) is 4.98 Å². The van der Waals surface area contributed by atoms with E-state index in [1.165, 1.54) is 44.5 Å². The van der Waals surface area contributed by atoms with Gasteiger partial charge in [0.05, 0.1) is 11.4 Å². The van der Waals surface area contributed by atoms with Crippen molar-refractivity contribution in [2.24, 2.45) is 0 Å². The highest BCUT2D eigenvalue weighted by atomic mass is 15.2. The molecule has 0 atom stereocenters. The fourth-order valence-electron chi connectivity index (χ4n) is 9.10. The minimum atomic E-state index is -0.324. The fourth-order valence-corrected chi connectivity index (χ4v) is 9.10. The standard InChI is InChI=1S/C53H43N3/c1-52(2)45-23-15-14-22-43(45)44-28-26-41(33-46(44)52)55(40-20-12-7-13-21-40)42-27-30-50-48(34-42)53(3,4)47-32-38(36-16-8-5-9-17-36)24-29-49(47)56(50)51-31-25-39(35-54-51)37-18-10-6-11-19-37/h5-35H,1-4H3. The normalized spacial score (nSPS) is 14.3. The molecule has 1 aliphatic carbocycles. The summed E-state index contributed by atoms with van der Waals surface area (Å²) in [7, 11) is 0. The SMILES string of the molecule is CC1(C)c2ccccc2-c2ccc(N(c3ccccc3)c3ccc4c(c3)C(C)(C)c3cc(-c5ccccc5)ccc3N4c3ccc(-c4ccccc4)cn3)cc21. The molecule has 3 nitrogen and oxygen atoms in total. The lowest BCUT2D eigenvalue weighted by Gasteiger charge is -2.42. The molecule has 2 aliphatic rings. The molecule has 10 rings (SSSR count). The van der Waals surface area contributed by atoms with Crippen LogP contribution in [0.4, 0.5) is 34.3 Å². The highest BCUT2D eigenvalue weighted by Gasteiger charge is 2.39. The summed E-state index contributed by atoms with van der Waals surface area (Å²) < 4.78 is 0. The lowest BCUT2D eigenvalue weighted by molar-refractivity contribution is 0.631. The zero-order valence-electron chi connectivity index (χ0n) is 32.2. The highest BCUT2D eigenvalue weighted by Crippen LogP contribution is 2.55. The molecule has 1 aromatic heterocycles. The Morgan fingerprint density at radius 2 is 0.911 bits per heavy atom. The number of fused-ring (bicyclic) bond motifs is 5. The van der Waals surface area contributed by atoms with Crippen molar-refractivity contribution in [3.8, 4) is 33.4 Å². The lowest BCUT2D eigenvalue weighted by Crippen LogP contribution is -2.31. The zero-order chi connectivity index (χ0) is 38.0. The molecule has 8 aromatic rings. The number of nitrogens with zero attached hydrogens (tertiary/aromatic N) is 3. The monoisotopic (exact) mass is 721 g/mol. The molecule has 0 fully saturated rings. The van der Waals surface area contributed by atoms with Crippen molar-refractivity contribution in [1.29, 1.82) is 0 Å². The summed E-state index contributed by atoms with van der Waals surface area (Å²) in [5, 5.41) is 0. The van der Waals surface area contributed by atoms with Gasteiger partial charge in [0.2, 0.25) is 0 Å². The van der Waals surface area contributed by atoms with Gasteiger partial charge in [0.1, 0.15) is 5.82 Å². The van der Waals surface area contributed by atoms with Gasteiger partial charge in [-0.3, -0.25) is 4.90 Å². The topological polar surface area (TPSA) is 19.4 Å². The van der Waals surface area contributed by atoms with Gasteiger partial charge in [-0.15, -0.1) is 0 Å². The molecule has 0 spiro atoms. The lowest BCUT2D eigenvalue weighted by atomic mass is 9.72. The predicted molar refractivity (Wildman–Crippen MR) is 234 cm³/mol. The third-order valence-corrected chi connectivity index (χ3v) is 12.1. The maximum absolute atomic E-state index is 5.14. The van der Waals surface area contributed by atoms with Crippen LogP contribution in [-0.4, -0.2) is 4.98 Å². The van der Waals surface area contributed by atoms with E-state index in [1.807, 2.05) is 6.20 Å². The molecule has 270 valence electrons. The Labute approximate surface area is 330 Å². The zero-order valence-corrected chi connectivity index (χ0v) is 32.2. The van der Waals surface area contributed by atoms with Crippen molar-refractivity contribution in [2.45, 2.75) is 38.5 Å². The Kier molecular flexibility index (Phi) is 7.83. The summed E-state index contributed by atoms with van der Waals surface area (Å²) >= 11 is 0. The molecule has 1 aliphatic heterocycles. The van der Waals surface area contributed by atoms with Gasteiger partial charge < -0.3 is 4.90 Å².